The van der Waals surface area contributed by atoms with Crippen LogP contribution in [0.15, 0.2) is 41.3 Å². The van der Waals surface area contributed by atoms with E-state index in [-0.39, 0.29) is 11.9 Å². The van der Waals surface area contributed by atoms with Gasteiger partial charge in [0, 0.05) is 44.6 Å². The van der Waals surface area contributed by atoms with Crippen molar-refractivity contribution in [1.29, 1.82) is 0 Å². The molecular weight excluding hydrogens is 438 g/mol. The number of nitrogens with zero attached hydrogens (tertiary/aromatic N) is 4. The molecule has 0 bridgehead atoms. The van der Waals surface area contributed by atoms with Gasteiger partial charge in [-0.25, -0.2) is 4.98 Å². The number of aromatic nitrogens is 2. The van der Waals surface area contributed by atoms with Crippen molar-refractivity contribution >= 4 is 39.2 Å². The summed E-state index contributed by atoms with van der Waals surface area (Å²) in [6.45, 7) is 3.27. The second-order valence-electron chi connectivity index (χ2n) is 7.18. The number of Topliss-reactive ketones (excluding diaryl/α,β-unsaturated/α-hetero) is 1. The molecule has 4 heterocycles. The molecule has 2 aromatic rings. The van der Waals surface area contributed by atoms with Crippen molar-refractivity contribution in [3.63, 3.8) is 0 Å². The number of ketones is 1. The maximum Gasteiger partial charge on any atom is 0.291 e. The van der Waals surface area contributed by atoms with Gasteiger partial charge in [-0.1, -0.05) is 6.07 Å². The van der Waals surface area contributed by atoms with Gasteiger partial charge in [-0.3, -0.25) is 19.4 Å². The molecule has 4 rings (SSSR count). The van der Waals surface area contributed by atoms with Crippen LogP contribution >= 0.6 is 15.9 Å². The summed E-state index contributed by atoms with van der Waals surface area (Å²) in [4.78, 5) is 50.0. The molecule has 2 amide bonds. The molecule has 1 fully saturated rings. The molecule has 0 saturated carbocycles. The highest BCUT2D eigenvalue weighted by molar-refractivity contribution is 9.10. The molecule has 8 nitrogen and oxygen atoms in total. The quantitative estimate of drug-likeness (QED) is 0.556. The van der Waals surface area contributed by atoms with Crippen molar-refractivity contribution in [3.8, 4) is 0 Å². The van der Waals surface area contributed by atoms with E-state index in [1.165, 1.54) is 0 Å². The van der Waals surface area contributed by atoms with E-state index in [1.54, 1.807) is 46.5 Å². The van der Waals surface area contributed by atoms with Crippen molar-refractivity contribution in [2.75, 3.05) is 31.5 Å². The van der Waals surface area contributed by atoms with Crippen molar-refractivity contribution in [2.24, 2.45) is 0 Å². The minimum Gasteiger partial charge on any atom is -0.382 e. The molecule has 9 heteroatoms. The second-order valence-corrected chi connectivity index (χ2v) is 7.93. The van der Waals surface area contributed by atoms with Gasteiger partial charge < -0.3 is 15.1 Å². The number of halogens is 1. The van der Waals surface area contributed by atoms with Crippen molar-refractivity contribution in [2.45, 2.75) is 18.9 Å². The van der Waals surface area contributed by atoms with Gasteiger partial charge in [0.1, 0.15) is 10.3 Å². The highest BCUT2D eigenvalue weighted by Crippen LogP contribution is 2.36. The molecule has 29 heavy (non-hydrogen) atoms. The Morgan fingerprint density at radius 2 is 1.97 bits per heavy atom. The summed E-state index contributed by atoms with van der Waals surface area (Å²) < 4.78 is 0.632. The SMILES string of the molecule is CC1CN(C(=O)c2ccccn2)CCN1C(=O)C(=O)C1CNc2c1ccnc2Br. The number of pyridine rings is 2. The van der Waals surface area contributed by atoms with Gasteiger partial charge in [0.05, 0.1) is 11.6 Å². The Hall–Kier alpha value is -2.81. The summed E-state index contributed by atoms with van der Waals surface area (Å²) in [7, 11) is 0. The van der Waals surface area contributed by atoms with E-state index in [0.29, 0.717) is 36.5 Å². The van der Waals surface area contributed by atoms with Gasteiger partial charge in [0.15, 0.2) is 0 Å². The van der Waals surface area contributed by atoms with Gasteiger partial charge in [-0.05, 0) is 46.6 Å². The number of rotatable bonds is 3. The second kappa shape index (κ2) is 7.90. The van der Waals surface area contributed by atoms with Crippen LogP contribution < -0.4 is 5.32 Å². The first-order valence-electron chi connectivity index (χ1n) is 9.40. The predicted molar refractivity (Wildman–Crippen MR) is 109 cm³/mol. The zero-order valence-corrected chi connectivity index (χ0v) is 17.4. The summed E-state index contributed by atoms with van der Waals surface area (Å²) >= 11 is 3.36. The fraction of sp³-hybridized carbons (Fsp3) is 0.350. The molecule has 0 aliphatic carbocycles. The van der Waals surface area contributed by atoms with Crippen LogP contribution in [0.1, 0.15) is 28.9 Å². The van der Waals surface area contributed by atoms with Crippen molar-refractivity contribution in [3.05, 3.63) is 52.5 Å². The Morgan fingerprint density at radius 1 is 1.14 bits per heavy atom. The average molecular weight is 458 g/mol. The fourth-order valence-corrected chi connectivity index (χ4v) is 4.34. The van der Waals surface area contributed by atoms with Crippen LogP contribution in [0.5, 0.6) is 0 Å². The number of carbonyl (C=O) groups is 3. The number of hydrogen-bond donors (Lipinski definition) is 1. The lowest BCUT2D eigenvalue weighted by molar-refractivity contribution is -0.148. The van der Waals surface area contributed by atoms with Crippen LogP contribution in [0.25, 0.3) is 0 Å². The number of anilines is 1. The van der Waals surface area contributed by atoms with E-state index in [9.17, 15) is 14.4 Å². The van der Waals surface area contributed by atoms with Gasteiger partial charge in [-0.15, -0.1) is 0 Å². The number of hydrogen-bond acceptors (Lipinski definition) is 6. The third kappa shape index (κ3) is 3.62. The molecule has 1 saturated heterocycles. The van der Waals surface area contributed by atoms with Crippen molar-refractivity contribution in [1.82, 2.24) is 19.8 Å². The van der Waals surface area contributed by atoms with Crippen LogP contribution in [0.2, 0.25) is 0 Å². The predicted octanol–water partition coefficient (Wildman–Crippen LogP) is 1.69. The molecular formula is C20H20BrN5O3. The number of carbonyl (C=O) groups excluding carboxylic acids is 3. The molecule has 0 aromatic carbocycles. The average Bonchev–Trinajstić information content (AvgIpc) is 3.18. The largest absolute Gasteiger partial charge is 0.382 e. The first-order chi connectivity index (χ1) is 14.0. The Balaban J connectivity index is 1.44. The maximum atomic E-state index is 12.9. The molecule has 2 aliphatic heterocycles. The van der Waals surface area contributed by atoms with Crippen LogP contribution in [-0.2, 0) is 9.59 Å². The highest BCUT2D eigenvalue weighted by Gasteiger charge is 2.39. The highest BCUT2D eigenvalue weighted by atomic mass is 79.9. The van der Waals surface area contributed by atoms with Gasteiger partial charge in [0.2, 0.25) is 5.78 Å². The third-order valence-corrected chi connectivity index (χ3v) is 5.98. The molecule has 150 valence electrons. The Bertz CT molecular complexity index is 968. The number of nitrogens with one attached hydrogen (secondary N) is 1. The summed E-state index contributed by atoms with van der Waals surface area (Å²) in [6, 6.07) is 6.70. The summed E-state index contributed by atoms with van der Waals surface area (Å²) in [5.41, 5.74) is 1.92. The fourth-order valence-electron chi connectivity index (χ4n) is 3.85. The summed E-state index contributed by atoms with van der Waals surface area (Å²) in [5, 5.41) is 3.15. The molecule has 2 aliphatic rings. The maximum absolute atomic E-state index is 12.9. The Labute approximate surface area is 176 Å². The third-order valence-electron chi connectivity index (χ3n) is 5.38. The summed E-state index contributed by atoms with van der Waals surface area (Å²) in [5.74, 6) is -1.64. The Morgan fingerprint density at radius 3 is 2.69 bits per heavy atom. The first-order valence-corrected chi connectivity index (χ1v) is 10.2. The number of amides is 2. The lowest BCUT2D eigenvalue weighted by Crippen LogP contribution is -2.57. The summed E-state index contributed by atoms with van der Waals surface area (Å²) in [6.07, 6.45) is 3.20. The van der Waals surface area contributed by atoms with E-state index >= 15 is 0 Å². The normalized spacial score (nSPS) is 20.8. The zero-order chi connectivity index (χ0) is 20.5. The minimum atomic E-state index is -0.530. The van der Waals surface area contributed by atoms with E-state index in [4.69, 9.17) is 0 Å². The smallest absolute Gasteiger partial charge is 0.291 e. The van der Waals surface area contributed by atoms with E-state index in [1.807, 2.05) is 6.92 Å². The lowest BCUT2D eigenvalue weighted by Gasteiger charge is -2.39. The van der Waals surface area contributed by atoms with Gasteiger partial charge >= 0.3 is 0 Å². The first kappa shape index (κ1) is 19.5. The zero-order valence-electron chi connectivity index (χ0n) is 15.8. The standard InChI is InChI=1S/C20H20BrN5O3/c1-12-11-25(19(28)15-4-2-3-6-22-15)8-9-26(12)20(29)17(27)14-10-24-16-13(14)5-7-23-18(16)21/h2-7,12,14,24H,8-11H2,1H3. The van der Waals surface area contributed by atoms with Crippen molar-refractivity contribution < 1.29 is 14.4 Å². The van der Waals surface area contributed by atoms with Crippen LogP contribution in [0.4, 0.5) is 5.69 Å². The van der Waals surface area contributed by atoms with Crippen LogP contribution in [-0.4, -0.2) is 69.6 Å². The monoisotopic (exact) mass is 457 g/mol. The van der Waals surface area contributed by atoms with E-state index in [2.05, 4.69) is 31.2 Å². The van der Waals surface area contributed by atoms with Gasteiger partial charge in [-0.2, -0.15) is 0 Å². The molecule has 0 radical (unpaired) electrons. The molecule has 2 aromatic heterocycles. The molecule has 2 unspecified atom stereocenters. The number of fused-ring (bicyclic) bond motifs is 1. The van der Waals surface area contributed by atoms with Crippen LogP contribution in [0, 0.1) is 0 Å². The molecule has 1 N–H and O–H groups in total. The Kier molecular flexibility index (Phi) is 5.31. The lowest BCUT2D eigenvalue weighted by atomic mass is 9.96. The number of piperazine rings is 1. The molecule has 2 atom stereocenters. The minimum absolute atomic E-state index is 0.165. The van der Waals surface area contributed by atoms with Crippen LogP contribution in [0.3, 0.4) is 0 Å². The molecule has 0 spiro atoms. The van der Waals surface area contributed by atoms with Gasteiger partial charge in [0.25, 0.3) is 11.8 Å². The van der Waals surface area contributed by atoms with E-state index < -0.39 is 17.6 Å². The van der Waals surface area contributed by atoms with E-state index in [0.717, 1.165) is 11.3 Å². The topological polar surface area (TPSA) is 95.5 Å².